The van der Waals surface area contributed by atoms with Crippen molar-refractivity contribution in [1.82, 2.24) is 14.8 Å². The van der Waals surface area contributed by atoms with Crippen LogP contribution in [0.15, 0.2) is 48.0 Å². The molecule has 1 aromatic heterocycles. The number of thiazole rings is 1. The number of aromatic nitrogens is 1. The largest absolute Gasteiger partial charge is 0.444 e. The van der Waals surface area contributed by atoms with Crippen LogP contribution in [0.2, 0.25) is 0 Å². The van der Waals surface area contributed by atoms with Crippen LogP contribution in [-0.4, -0.2) is 71.0 Å². The molecule has 0 unspecified atom stereocenters. The monoisotopic (exact) mass is 551 g/mol. The van der Waals surface area contributed by atoms with Gasteiger partial charge in [0, 0.05) is 61.1 Å². The van der Waals surface area contributed by atoms with E-state index >= 15 is 4.39 Å². The Bertz CT molecular complexity index is 1400. The molecule has 0 spiro atoms. The van der Waals surface area contributed by atoms with Crippen molar-refractivity contribution >= 4 is 40.1 Å². The molecular weight excluding hydrogens is 521 g/mol. The van der Waals surface area contributed by atoms with Gasteiger partial charge in [-0.25, -0.2) is 14.2 Å². The number of hydrogen-bond donors (Lipinski definition) is 1. The van der Waals surface area contributed by atoms with Crippen molar-refractivity contribution in [1.29, 1.82) is 0 Å². The first-order valence-corrected chi connectivity index (χ1v) is 13.6. The normalized spacial score (nSPS) is 15.4. The number of anilines is 2. The second-order valence-electron chi connectivity index (χ2n) is 10.5. The number of carbonyl (C=O) groups is 3. The summed E-state index contributed by atoms with van der Waals surface area (Å²) >= 11 is 1.31. The molecule has 2 aromatic carbocycles. The second-order valence-corrected chi connectivity index (χ2v) is 11.4. The molecule has 11 heteroatoms. The Hall–Kier alpha value is -3.99. The number of fused-ring (bicyclic) bond motifs is 1. The van der Waals surface area contributed by atoms with Gasteiger partial charge in [-0.2, -0.15) is 0 Å². The molecule has 5 rings (SSSR count). The minimum Gasteiger partial charge on any atom is -0.444 e. The molecule has 0 radical (unpaired) electrons. The van der Waals surface area contributed by atoms with Gasteiger partial charge in [-0.15, -0.1) is 11.3 Å². The van der Waals surface area contributed by atoms with Crippen LogP contribution in [0.3, 0.4) is 0 Å². The van der Waals surface area contributed by atoms with Crippen LogP contribution in [0.1, 0.15) is 36.7 Å². The molecule has 3 aromatic rings. The lowest BCUT2D eigenvalue weighted by atomic mass is 9.99. The van der Waals surface area contributed by atoms with E-state index in [9.17, 15) is 14.4 Å². The first-order valence-electron chi connectivity index (χ1n) is 12.7. The predicted molar refractivity (Wildman–Crippen MR) is 147 cm³/mol. The summed E-state index contributed by atoms with van der Waals surface area (Å²) in [6.45, 7) is 7.85. The number of nitrogens with one attached hydrogen (secondary N) is 1. The Balaban J connectivity index is 1.23. The fourth-order valence-electron chi connectivity index (χ4n) is 4.68. The van der Waals surface area contributed by atoms with Crippen LogP contribution in [0.5, 0.6) is 0 Å². The molecule has 0 atom stereocenters. The maximum atomic E-state index is 15.3. The Labute approximate surface area is 230 Å². The molecule has 0 aliphatic carbocycles. The summed E-state index contributed by atoms with van der Waals surface area (Å²) < 4.78 is 20.7. The van der Waals surface area contributed by atoms with E-state index in [2.05, 4.69) is 10.3 Å². The fourth-order valence-corrected chi connectivity index (χ4v) is 5.23. The van der Waals surface area contributed by atoms with Crippen LogP contribution in [0.4, 0.5) is 20.0 Å². The van der Waals surface area contributed by atoms with E-state index in [1.807, 2.05) is 37.8 Å². The van der Waals surface area contributed by atoms with Gasteiger partial charge in [-0.3, -0.25) is 9.59 Å². The van der Waals surface area contributed by atoms with Gasteiger partial charge < -0.3 is 24.8 Å². The second kappa shape index (κ2) is 10.6. The first-order chi connectivity index (χ1) is 18.6. The maximum Gasteiger partial charge on any atom is 0.410 e. The van der Waals surface area contributed by atoms with E-state index in [1.54, 1.807) is 34.7 Å². The summed E-state index contributed by atoms with van der Waals surface area (Å²) in [6, 6.07) is 10.3. The minimum absolute atomic E-state index is 0.0906. The van der Waals surface area contributed by atoms with Crippen LogP contribution in [0.25, 0.3) is 11.1 Å². The molecule has 1 fully saturated rings. The molecular formula is C28H30FN5O4S. The highest BCUT2D eigenvalue weighted by molar-refractivity contribution is 7.13. The lowest BCUT2D eigenvalue weighted by Crippen LogP contribution is -2.50. The van der Waals surface area contributed by atoms with Crippen molar-refractivity contribution in [2.24, 2.45) is 0 Å². The molecule has 1 N–H and O–H groups in total. The van der Waals surface area contributed by atoms with Crippen LogP contribution in [-0.2, 0) is 16.1 Å². The molecule has 0 saturated carbocycles. The van der Waals surface area contributed by atoms with E-state index in [0.717, 1.165) is 11.3 Å². The predicted octanol–water partition coefficient (Wildman–Crippen LogP) is 4.60. The number of carbonyl (C=O) groups excluding carboxylic acids is 3. The molecule has 2 aliphatic rings. The lowest BCUT2D eigenvalue weighted by Gasteiger charge is -2.36. The summed E-state index contributed by atoms with van der Waals surface area (Å²) in [7, 11) is 0. The summed E-state index contributed by atoms with van der Waals surface area (Å²) in [5, 5.41) is 4.92. The van der Waals surface area contributed by atoms with E-state index in [0.29, 0.717) is 54.5 Å². The van der Waals surface area contributed by atoms with Gasteiger partial charge in [-0.05, 0) is 56.2 Å². The van der Waals surface area contributed by atoms with Gasteiger partial charge in [0.25, 0.3) is 5.91 Å². The fraction of sp³-hybridized carbons (Fsp3) is 0.357. The summed E-state index contributed by atoms with van der Waals surface area (Å²) in [5.41, 5.74) is 2.43. The smallest absolute Gasteiger partial charge is 0.410 e. The molecule has 0 bridgehead atoms. The number of nitrogens with zero attached hydrogens (tertiary/aromatic N) is 4. The first kappa shape index (κ1) is 26.6. The molecule has 39 heavy (non-hydrogen) atoms. The summed E-state index contributed by atoms with van der Waals surface area (Å²) in [5.74, 6) is -0.979. The van der Waals surface area contributed by atoms with Gasteiger partial charge in [0.1, 0.15) is 18.0 Å². The number of ether oxygens (including phenoxy) is 1. The number of piperazine rings is 1. The zero-order valence-corrected chi connectivity index (χ0v) is 22.9. The molecule has 3 heterocycles. The average Bonchev–Trinajstić information content (AvgIpc) is 3.50. The summed E-state index contributed by atoms with van der Waals surface area (Å²) in [6.07, 6.45) is 1.25. The van der Waals surface area contributed by atoms with Gasteiger partial charge in [0.05, 0.1) is 0 Å². The standard InChI is InChI=1S/C28H30FN5O4S/c1-28(2,3)38-27(37)33-11-9-32(10-12-33)20-6-7-21(23(29)15-20)18-4-5-19-16-34(25(36)22(19)14-18)17-24(35)31-26-30-8-13-39-26/h4-8,13-15H,9-12,16-17H2,1-3H3,(H,30,31,35). The number of amides is 3. The van der Waals surface area contributed by atoms with Crippen molar-refractivity contribution < 1.29 is 23.5 Å². The third-order valence-electron chi connectivity index (χ3n) is 6.56. The van der Waals surface area contributed by atoms with Gasteiger partial charge in [0.2, 0.25) is 5.91 Å². The Morgan fingerprint density at radius 2 is 1.85 bits per heavy atom. The maximum absolute atomic E-state index is 15.3. The molecule has 3 amide bonds. The van der Waals surface area contributed by atoms with Crippen LogP contribution < -0.4 is 10.2 Å². The number of halogens is 1. The molecule has 2 aliphatic heterocycles. The molecule has 9 nitrogen and oxygen atoms in total. The highest BCUT2D eigenvalue weighted by Gasteiger charge is 2.30. The SMILES string of the molecule is CC(C)(C)OC(=O)N1CCN(c2ccc(-c3ccc4c(c3)C(=O)N(CC(=O)Nc3nccs3)C4)c(F)c2)CC1. The Morgan fingerprint density at radius 1 is 1.08 bits per heavy atom. The average molecular weight is 552 g/mol. The van der Waals surface area contributed by atoms with E-state index in [-0.39, 0.29) is 24.5 Å². The van der Waals surface area contributed by atoms with Crippen molar-refractivity contribution in [3.8, 4) is 11.1 Å². The van der Waals surface area contributed by atoms with Crippen molar-refractivity contribution in [3.63, 3.8) is 0 Å². The lowest BCUT2D eigenvalue weighted by molar-refractivity contribution is -0.116. The Morgan fingerprint density at radius 3 is 2.51 bits per heavy atom. The Kier molecular flexibility index (Phi) is 7.26. The highest BCUT2D eigenvalue weighted by Crippen LogP contribution is 2.32. The number of hydrogen-bond acceptors (Lipinski definition) is 7. The highest BCUT2D eigenvalue weighted by atomic mass is 32.1. The zero-order chi connectivity index (χ0) is 27.7. The van der Waals surface area contributed by atoms with E-state index in [4.69, 9.17) is 4.74 Å². The topological polar surface area (TPSA) is 95.1 Å². The number of rotatable bonds is 5. The van der Waals surface area contributed by atoms with Gasteiger partial charge in [-0.1, -0.05) is 12.1 Å². The summed E-state index contributed by atoms with van der Waals surface area (Å²) in [4.78, 5) is 46.9. The van der Waals surface area contributed by atoms with Gasteiger partial charge in [0.15, 0.2) is 5.13 Å². The minimum atomic E-state index is -0.551. The van der Waals surface area contributed by atoms with Crippen molar-refractivity contribution in [2.45, 2.75) is 32.9 Å². The van der Waals surface area contributed by atoms with Crippen LogP contribution in [0, 0.1) is 5.82 Å². The van der Waals surface area contributed by atoms with E-state index < -0.39 is 11.4 Å². The van der Waals surface area contributed by atoms with Gasteiger partial charge >= 0.3 is 6.09 Å². The quantitative estimate of drug-likeness (QED) is 0.498. The third-order valence-corrected chi connectivity index (χ3v) is 7.25. The zero-order valence-electron chi connectivity index (χ0n) is 22.1. The molecule has 204 valence electrons. The molecule has 1 saturated heterocycles. The van der Waals surface area contributed by atoms with Crippen molar-refractivity contribution in [3.05, 3.63) is 64.9 Å². The van der Waals surface area contributed by atoms with E-state index in [1.165, 1.54) is 22.3 Å². The third kappa shape index (κ3) is 6.03. The number of benzene rings is 2. The van der Waals surface area contributed by atoms with Crippen LogP contribution >= 0.6 is 11.3 Å². The van der Waals surface area contributed by atoms with Crippen molar-refractivity contribution in [2.75, 3.05) is 42.9 Å².